The summed E-state index contributed by atoms with van der Waals surface area (Å²) in [6, 6.07) is 3.77. The number of amides is 1. The zero-order valence-electron chi connectivity index (χ0n) is 9.10. The number of aromatic nitrogens is 1. The molecular formula is C11H14N2O2. The third-order valence-corrected chi connectivity index (χ3v) is 2.81. The summed E-state index contributed by atoms with van der Waals surface area (Å²) < 4.78 is 5.15. The lowest BCUT2D eigenvalue weighted by molar-refractivity contribution is 0.143. The van der Waals surface area contributed by atoms with Crippen molar-refractivity contribution in [3.63, 3.8) is 0 Å². The number of carbonyl (C=O) groups is 1. The first kappa shape index (κ1) is 9.96. The molecule has 0 aromatic carbocycles. The van der Waals surface area contributed by atoms with Gasteiger partial charge in [0.25, 0.3) is 0 Å². The van der Waals surface area contributed by atoms with Gasteiger partial charge in [0.15, 0.2) is 0 Å². The summed E-state index contributed by atoms with van der Waals surface area (Å²) in [7, 11) is 0. The van der Waals surface area contributed by atoms with E-state index in [9.17, 15) is 4.79 Å². The number of pyridine rings is 1. The molecule has 1 saturated heterocycles. The predicted octanol–water partition coefficient (Wildman–Crippen LogP) is 2.12. The maximum atomic E-state index is 11.6. The van der Waals surface area contributed by atoms with E-state index in [0.717, 1.165) is 11.4 Å². The molecule has 4 nitrogen and oxygen atoms in total. The van der Waals surface area contributed by atoms with Crippen LogP contribution in [0.15, 0.2) is 18.3 Å². The molecule has 2 unspecified atom stereocenters. The van der Waals surface area contributed by atoms with E-state index in [0.29, 0.717) is 0 Å². The molecule has 1 aliphatic rings. The van der Waals surface area contributed by atoms with Crippen LogP contribution in [0.1, 0.15) is 19.5 Å². The first-order chi connectivity index (χ1) is 7.11. The number of ether oxygens (including phenoxy) is 1. The molecule has 2 heterocycles. The minimum Gasteiger partial charge on any atom is -0.444 e. The summed E-state index contributed by atoms with van der Waals surface area (Å²) in [6.07, 6.45) is 1.36. The topological polar surface area (TPSA) is 42.4 Å². The van der Waals surface area contributed by atoms with Crippen LogP contribution in [0.3, 0.4) is 0 Å². The SMILES string of the molecule is Cc1ncccc1N1C(=O)OC(C)C1C. The molecule has 0 N–H and O–H groups in total. The van der Waals surface area contributed by atoms with Crippen LogP contribution in [0.25, 0.3) is 0 Å². The third-order valence-electron chi connectivity index (χ3n) is 2.81. The Balaban J connectivity index is 2.39. The lowest BCUT2D eigenvalue weighted by atomic mass is 10.2. The average Bonchev–Trinajstić information content (AvgIpc) is 2.43. The summed E-state index contributed by atoms with van der Waals surface area (Å²) in [6.45, 7) is 5.76. The van der Waals surface area contributed by atoms with E-state index < -0.39 is 0 Å². The highest BCUT2D eigenvalue weighted by molar-refractivity contribution is 5.91. The first-order valence-corrected chi connectivity index (χ1v) is 5.02. The van der Waals surface area contributed by atoms with Gasteiger partial charge in [-0.25, -0.2) is 4.79 Å². The molecule has 0 saturated carbocycles. The molecule has 1 aromatic heterocycles. The second-order valence-electron chi connectivity index (χ2n) is 3.81. The van der Waals surface area contributed by atoms with Crippen LogP contribution < -0.4 is 4.90 Å². The van der Waals surface area contributed by atoms with E-state index in [1.165, 1.54) is 0 Å². The van der Waals surface area contributed by atoms with Gasteiger partial charge in [0.1, 0.15) is 6.10 Å². The molecule has 1 amide bonds. The van der Waals surface area contributed by atoms with Gasteiger partial charge in [-0.15, -0.1) is 0 Å². The standard InChI is InChI=1S/C11H14N2O2/c1-7-10(5-4-6-12-7)13-8(2)9(3)15-11(13)14/h4-6,8-9H,1-3H3. The van der Waals surface area contributed by atoms with Crippen molar-refractivity contribution in [3.8, 4) is 0 Å². The average molecular weight is 206 g/mol. The van der Waals surface area contributed by atoms with Crippen LogP contribution in [-0.2, 0) is 4.74 Å². The molecular weight excluding hydrogens is 192 g/mol. The van der Waals surface area contributed by atoms with E-state index in [1.54, 1.807) is 11.1 Å². The van der Waals surface area contributed by atoms with Crippen LogP contribution >= 0.6 is 0 Å². The number of carbonyl (C=O) groups excluding carboxylic acids is 1. The Morgan fingerprint density at radius 2 is 2.20 bits per heavy atom. The first-order valence-electron chi connectivity index (χ1n) is 5.02. The number of hydrogen-bond acceptors (Lipinski definition) is 3. The van der Waals surface area contributed by atoms with Crippen LogP contribution in [0.5, 0.6) is 0 Å². The van der Waals surface area contributed by atoms with Gasteiger partial charge in [0.05, 0.1) is 17.4 Å². The van der Waals surface area contributed by atoms with Gasteiger partial charge >= 0.3 is 6.09 Å². The molecule has 15 heavy (non-hydrogen) atoms. The molecule has 0 radical (unpaired) electrons. The van der Waals surface area contributed by atoms with Gasteiger partial charge in [-0.1, -0.05) is 0 Å². The largest absolute Gasteiger partial charge is 0.444 e. The van der Waals surface area contributed by atoms with Crippen LogP contribution in [-0.4, -0.2) is 23.2 Å². The third kappa shape index (κ3) is 1.56. The van der Waals surface area contributed by atoms with Gasteiger partial charge < -0.3 is 4.74 Å². The number of hydrogen-bond donors (Lipinski definition) is 0. The minimum atomic E-state index is -0.286. The van der Waals surface area contributed by atoms with E-state index in [4.69, 9.17) is 4.74 Å². The van der Waals surface area contributed by atoms with Crippen molar-refractivity contribution in [2.24, 2.45) is 0 Å². The molecule has 2 atom stereocenters. The van der Waals surface area contributed by atoms with Gasteiger partial charge in [0, 0.05) is 6.20 Å². The maximum Gasteiger partial charge on any atom is 0.415 e. The van der Waals surface area contributed by atoms with Crippen molar-refractivity contribution in [2.75, 3.05) is 4.90 Å². The molecule has 0 bridgehead atoms. The Bertz CT molecular complexity index is 392. The summed E-state index contributed by atoms with van der Waals surface area (Å²) in [5.74, 6) is 0. The maximum absolute atomic E-state index is 11.6. The highest BCUT2D eigenvalue weighted by atomic mass is 16.6. The summed E-state index contributed by atoms with van der Waals surface area (Å²) in [5, 5.41) is 0. The molecule has 1 aromatic rings. The number of nitrogens with zero attached hydrogens (tertiary/aromatic N) is 2. The molecule has 1 fully saturated rings. The van der Waals surface area contributed by atoms with Crippen molar-refractivity contribution in [1.29, 1.82) is 0 Å². The van der Waals surface area contributed by atoms with E-state index in [2.05, 4.69) is 4.98 Å². The quantitative estimate of drug-likeness (QED) is 0.706. The Morgan fingerprint density at radius 3 is 2.73 bits per heavy atom. The lowest BCUT2D eigenvalue weighted by Crippen LogP contribution is -2.33. The zero-order chi connectivity index (χ0) is 11.0. The van der Waals surface area contributed by atoms with Gasteiger partial charge in [-0.3, -0.25) is 9.88 Å². The van der Waals surface area contributed by atoms with E-state index in [1.807, 2.05) is 32.9 Å². The molecule has 0 aliphatic carbocycles. The molecule has 2 rings (SSSR count). The van der Waals surface area contributed by atoms with Crippen molar-refractivity contribution in [2.45, 2.75) is 32.9 Å². The highest BCUT2D eigenvalue weighted by Crippen LogP contribution is 2.27. The van der Waals surface area contributed by atoms with Gasteiger partial charge in [0.2, 0.25) is 0 Å². The fourth-order valence-electron chi connectivity index (χ4n) is 1.74. The number of anilines is 1. The second-order valence-corrected chi connectivity index (χ2v) is 3.81. The van der Waals surface area contributed by atoms with Crippen molar-refractivity contribution in [3.05, 3.63) is 24.0 Å². The monoisotopic (exact) mass is 206 g/mol. The molecule has 4 heteroatoms. The number of rotatable bonds is 1. The van der Waals surface area contributed by atoms with Crippen molar-refractivity contribution >= 4 is 11.8 Å². The van der Waals surface area contributed by atoms with Crippen molar-refractivity contribution in [1.82, 2.24) is 4.98 Å². The predicted molar refractivity (Wildman–Crippen MR) is 56.9 cm³/mol. The molecule has 80 valence electrons. The van der Waals surface area contributed by atoms with Crippen molar-refractivity contribution < 1.29 is 9.53 Å². The molecule has 1 aliphatic heterocycles. The van der Waals surface area contributed by atoms with E-state index >= 15 is 0 Å². The Kier molecular flexibility index (Phi) is 2.34. The Morgan fingerprint density at radius 1 is 1.47 bits per heavy atom. The summed E-state index contributed by atoms with van der Waals surface area (Å²) in [5.41, 5.74) is 1.68. The van der Waals surface area contributed by atoms with Gasteiger partial charge in [-0.2, -0.15) is 0 Å². The van der Waals surface area contributed by atoms with Crippen LogP contribution in [0, 0.1) is 6.92 Å². The van der Waals surface area contributed by atoms with Crippen LogP contribution in [0.2, 0.25) is 0 Å². The number of cyclic esters (lactones) is 1. The summed E-state index contributed by atoms with van der Waals surface area (Å²) >= 11 is 0. The smallest absolute Gasteiger partial charge is 0.415 e. The van der Waals surface area contributed by atoms with E-state index in [-0.39, 0.29) is 18.2 Å². The zero-order valence-corrected chi connectivity index (χ0v) is 9.10. The minimum absolute atomic E-state index is 0.0559. The second kappa shape index (κ2) is 3.53. The Hall–Kier alpha value is -1.58. The number of aryl methyl sites for hydroxylation is 1. The summed E-state index contributed by atoms with van der Waals surface area (Å²) in [4.78, 5) is 17.5. The lowest BCUT2D eigenvalue weighted by Gasteiger charge is -2.20. The fraction of sp³-hybridized carbons (Fsp3) is 0.455. The Labute approximate surface area is 88.9 Å². The van der Waals surface area contributed by atoms with Crippen LogP contribution in [0.4, 0.5) is 10.5 Å². The normalized spacial score (nSPS) is 25.5. The molecule has 0 spiro atoms. The van der Waals surface area contributed by atoms with Gasteiger partial charge in [-0.05, 0) is 32.9 Å². The fourth-order valence-corrected chi connectivity index (χ4v) is 1.74. The highest BCUT2D eigenvalue weighted by Gasteiger charge is 2.37.